The van der Waals surface area contributed by atoms with Crippen molar-refractivity contribution in [1.82, 2.24) is 4.98 Å². The summed E-state index contributed by atoms with van der Waals surface area (Å²) in [7, 11) is 0. The van der Waals surface area contributed by atoms with Crippen LogP contribution in [0.2, 0.25) is 5.02 Å². The summed E-state index contributed by atoms with van der Waals surface area (Å²) in [4.78, 5) is 17.5. The maximum absolute atomic E-state index is 12.9. The van der Waals surface area contributed by atoms with Crippen LogP contribution in [0.15, 0.2) is 47.8 Å². The number of nitrogens with one attached hydrogen (secondary N) is 1. The van der Waals surface area contributed by atoms with Crippen LogP contribution in [0.1, 0.15) is 36.5 Å². The number of rotatable bonds is 5. The van der Waals surface area contributed by atoms with Crippen LogP contribution in [0, 0.1) is 19.8 Å². The minimum Gasteiger partial charge on any atom is -0.301 e. The molecule has 0 radical (unpaired) electrons. The van der Waals surface area contributed by atoms with Crippen LogP contribution in [0.25, 0.3) is 11.3 Å². The van der Waals surface area contributed by atoms with Crippen molar-refractivity contribution in [2.24, 2.45) is 5.92 Å². The molecule has 3 aromatic rings. The van der Waals surface area contributed by atoms with E-state index in [-0.39, 0.29) is 17.7 Å². The molecule has 0 aliphatic heterocycles. The first kappa shape index (κ1) is 19.6. The Kier molecular flexibility index (Phi) is 5.98. The molecule has 0 bridgehead atoms. The van der Waals surface area contributed by atoms with Gasteiger partial charge in [0.05, 0.1) is 11.6 Å². The van der Waals surface area contributed by atoms with Gasteiger partial charge >= 0.3 is 0 Å². The molecule has 0 spiro atoms. The summed E-state index contributed by atoms with van der Waals surface area (Å²) in [6.45, 7) is 8.27. The van der Waals surface area contributed by atoms with Crippen molar-refractivity contribution in [3.8, 4) is 11.3 Å². The number of nitrogens with zero attached hydrogens (tertiary/aromatic N) is 1. The number of thiazole rings is 1. The molecular weight excluding hydrogens is 376 g/mol. The van der Waals surface area contributed by atoms with Crippen molar-refractivity contribution < 1.29 is 4.79 Å². The van der Waals surface area contributed by atoms with Gasteiger partial charge in [-0.3, -0.25) is 4.79 Å². The van der Waals surface area contributed by atoms with E-state index in [0.717, 1.165) is 16.8 Å². The Morgan fingerprint density at radius 2 is 1.78 bits per heavy atom. The van der Waals surface area contributed by atoms with Crippen molar-refractivity contribution >= 4 is 34.0 Å². The number of hydrogen-bond donors (Lipinski definition) is 1. The number of amides is 1. The van der Waals surface area contributed by atoms with Gasteiger partial charge in [0, 0.05) is 16.0 Å². The predicted octanol–water partition coefficient (Wildman–Crippen LogP) is 6.46. The molecule has 1 heterocycles. The Labute approximate surface area is 169 Å². The van der Waals surface area contributed by atoms with Crippen molar-refractivity contribution in [2.45, 2.75) is 33.6 Å². The Morgan fingerprint density at radius 1 is 1.07 bits per heavy atom. The van der Waals surface area contributed by atoms with Crippen LogP contribution in [0.3, 0.4) is 0 Å². The lowest BCUT2D eigenvalue weighted by Crippen LogP contribution is -2.25. The topological polar surface area (TPSA) is 42.0 Å². The number of aryl methyl sites for hydroxylation is 2. The van der Waals surface area contributed by atoms with Gasteiger partial charge in [-0.1, -0.05) is 49.7 Å². The van der Waals surface area contributed by atoms with Crippen LogP contribution in [0.4, 0.5) is 5.13 Å². The molecule has 3 nitrogen and oxygen atoms in total. The average Bonchev–Trinajstić information content (AvgIpc) is 3.07. The zero-order chi connectivity index (χ0) is 19.6. The molecule has 0 saturated heterocycles. The molecular formula is C22H23ClN2OS. The molecule has 0 unspecified atom stereocenters. The van der Waals surface area contributed by atoms with Crippen molar-refractivity contribution in [3.63, 3.8) is 0 Å². The molecule has 0 fully saturated rings. The lowest BCUT2D eigenvalue weighted by atomic mass is 9.88. The highest BCUT2D eigenvalue weighted by molar-refractivity contribution is 7.14. The van der Waals surface area contributed by atoms with Gasteiger partial charge in [-0.25, -0.2) is 4.98 Å². The van der Waals surface area contributed by atoms with Crippen LogP contribution >= 0.6 is 22.9 Å². The van der Waals surface area contributed by atoms with Crippen molar-refractivity contribution in [3.05, 3.63) is 69.6 Å². The number of aromatic nitrogens is 1. The largest absolute Gasteiger partial charge is 0.301 e. The van der Waals surface area contributed by atoms with E-state index < -0.39 is 0 Å². The highest BCUT2D eigenvalue weighted by atomic mass is 35.5. The smallest absolute Gasteiger partial charge is 0.233 e. The molecule has 1 aromatic heterocycles. The SMILES string of the molecule is Cc1ccc(-c2csc(NC(=O)[C@@H](c3ccc(Cl)cc3)C(C)C)n2)cc1C. The number of carbonyl (C=O) groups excluding carboxylic acids is 1. The highest BCUT2D eigenvalue weighted by Gasteiger charge is 2.25. The molecule has 1 atom stereocenters. The van der Waals surface area contributed by atoms with E-state index in [0.29, 0.717) is 10.2 Å². The average molecular weight is 399 g/mol. The monoisotopic (exact) mass is 398 g/mol. The normalized spacial score (nSPS) is 12.2. The van der Waals surface area contributed by atoms with E-state index in [2.05, 4.69) is 42.3 Å². The van der Waals surface area contributed by atoms with Gasteiger partial charge in [0.15, 0.2) is 5.13 Å². The van der Waals surface area contributed by atoms with Gasteiger partial charge in [-0.15, -0.1) is 11.3 Å². The van der Waals surface area contributed by atoms with E-state index in [9.17, 15) is 4.79 Å². The van der Waals surface area contributed by atoms with E-state index in [1.807, 2.05) is 43.5 Å². The Morgan fingerprint density at radius 3 is 2.41 bits per heavy atom. The van der Waals surface area contributed by atoms with E-state index in [1.54, 1.807) is 0 Å². The van der Waals surface area contributed by atoms with Gasteiger partial charge in [0.1, 0.15) is 0 Å². The highest BCUT2D eigenvalue weighted by Crippen LogP contribution is 2.30. The third-order valence-electron chi connectivity index (χ3n) is 4.72. The van der Waals surface area contributed by atoms with Gasteiger partial charge in [-0.2, -0.15) is 0 Å². The zero-order valence-corrected chi connectivity index (χ0v) is 17.5. The van der Waals surface area contributed by atoms with Gasteiger partial charge in [-0.05, 0) is 54.7 Å². The fourth-order valence-corrected chi connectivity index (χ4v) is 3.91. The number of carbonyl (C=O) groups is 1. The maximum atomic E-state index is 12.9. The first-order valence-electron chi connectivity index (χ1n) is 8.94. The molecule has 1 N–H and O–H groups in total. The number of hydrogen-bond acceptors (Lipinski definition) is 3. The summed E-state index contributed by atoms with van der Waals surface area (Å²) < 4.78 is 0. The van der Waals surface area contributed by atoms with Crippen molar-refractivity contribution in [2.75, 3.05) is 5.32 Å². The maximum Gasteiger partial charge on any atom is 0.233 e. The fraction of sp³-hybridized carbons (Fsp3) is 0.273. The summed E-state index contributed by atoms with van der Waals surface area (Å²) in [6.07, 6.45) is 0. The zero-order valence-electron chi connectivity index (χ0n) is 15.9. The fourth-order valence-electron chi connectivity index (χ4n) is 3.06. The molecule has 0 saturated carbocycles. The van der Waals surface area contributed by atoms with Crippen LogP contribution in [-0.4, -0.2) is 10.9 Å². The molecule has 1 amide bonds. The first-order chi connectivity index (χ1) is 12.8. The van der Waals surface area contributed by atoms with Crippen LogP contribution in [-0.2, 0) is 4.79 Å². The Bertz CT molecular complexity index is 947. The summed E-state index contributed by atoms with van der Waals surface area (Å²) in [5.74, 6) is -0.144. The van der Waals surface area contributed by atoms with Gasteiger partial charge in [0.25, 0.3) is 0 Å². The second kappa shape index (κ2) is 8.24. The second-order valence-corrected chi connectivity index (χ2v) is 8.39. The first-order valence-corrected chi connectivity index (χ1v) is 10.2. The summed E-state index contributed by atoms with van der Waals surface area (Å²) in [5, 5.41) is 6.25. The minimum atomic E-state index is -0.253. The molecule has 27 heavy (non-hydrogen) atoms. The van der Waals surface area contributed by atoms with Crippen LogP contribution in [0.5, 0.6) is 0 Å². The molecule has 0 aliphatic rings. The van der Waals surface area contributed by atoms with Gasteiger partial charge in [0.2, 0.25) is 5.91 Å². The lowest BCUT2D eigenvalue weighted by Gasteiger charge is -2.20. The van der Waals surface area contributed by atoms with Crippen LogP contribution < -0.4 is 5.32 Å². The number of anilines is 1. The molecule has 5 heteroatoms. The summed E-state index contributed by atoms with van der Waals surface area (Å²) in [6, 6.07) is 13.7. The Balaban J connectivity index is 1.79. The van der Waals surface area contributed by atoms with E-state index in [1.165, 1.54) is 22.5 Å². The standard InChI is InChI=1S/C22H23ClN2OS/c1-13(2)20(16-7-9-18(23)10-8-16)21(26)25-22-24-19(12-27-22)17-6-5-14(3)15(4)11-17/h5-13,20H,1-4H3,(H,24,25,26)/t20-/m1/s1. The molecule has 3 rings (SSSR count). The van der Waals surface area contributed by atoms with E-state index in [4.69, 9.17) is 11.6 Å². The predicted molar refractivity (Wildman–Crippen MR) is 115 cm³/mol. The van der Waals surface area contributed by atoms with Gasteiger partial charge < -0.3 is 5.32 Å². The molecule has 140 valence electrons. The number of benzene rings is 2. The number of halogens is 1. The summed E-state index contributed by atoms with van der Waals surface area (Å²) in [5.41, 5.74) is 5.38. The third-order valence-corrected chi connectivity index (χ3v) is 5.72. The quantitative estimate of drug-likeness (QED) is 0.535. The summed E-state index contributed by atoms with van der Waals surface area (Å²) >= 11 is 7.42. The second-order valence-electron chi connectivity index (χ2n) is 7.10. The molecule has 0 aliphatic carbocycles. The Hall–Kier alpha value is -2.17. The lowest BCUT2D eigenvalue weighted by molar-refractivity contribution is -0.118. The minimum absolute atomic E-state index is 0.0479. The van der Waals surface area contributed by atoms with E-state index >= 15 is 0 Å². The third kappa shape index (κ3) is 4.57. The molecule has 2 aromatic carbocycles. The van der Waals surface area contributed by atoms with Crippen molar-refractivity contribution in [1.29, 1.82) is 0 Å².